The highest BCUT2D eigenvalue weighted by Crippen LogP contribution is 2.40. The minimum Gasteiger partial charge on any atom is -0.508 e. The zero-order chi connectivity index (χ0) is 22.6. The summed E-state index contributed by atoms with van der Waals surface area (Å²) in [5.41, 5.74) is 2.54. The summed E-state index contributed by atoms with van der Waals surface area (Å²) in [5.74, 6) is -1.39. The number of aromatic hydroxyl groups is 1. The molecule has 4 nitrogen and oxygen atoms in total. The van der Waals surface area contributed by atoms with Crippen LogP contribution in [0.4, 0.5) is 8.78 Å². The van der Waals surface area contributed by atoms with E-state index in [0.717, 1.165) is 24.5 Å². The lowest BCUT2D eigenvalue weighted by atomic mass is 9.98. The molecule has 1 fully saturated rings. The van der Waals surface area contributed by atoms with E-state index in [1.54, 1.807) is 54.9 Å². The molecule has 0 unspecified atom stereocenters. The van der Waals surface area contributed by atoms with Crippen LogP contribution in [0.15, 0.2) is 53.5 Å². The highest BCUT2D eigenvalue weighted by Gasteiger charge is 2.29. The van der Waals surface area contributed by atoms with Gasteiger partial charge in [0.15, 0.2) is 11.2 Å². The van der Waals surface area contributed by atoms with Crippen molar-refractivity contribution in [2.75, 3.05) is 0 Å². The highest BCUT2D eigenvalue weighted by atomic mass is 19.1. The van der Waals surface area contributed by atoms with Gasteiger partial charge in [0.05, 0.1) is 16.5 Å². The summed E-state index contributed by atoms with van der Waals surface area (Å²) in [6, 6.07) is 11.2. The van der Waals surface area contributed by atoms with Crippen molar-refractivity contribution in [3.63, 3.8) is 0 Å². The highest BCUT2D eigenvalue weighted by molar-refractivity contribution is 5.87. The lowest BCUT2D eigenvalue weighted by Gasteiger charge is -2.17. The smallest absolute Gasteiger partial charge is 0.193 e. The fourth-order valence-electron chi connectivity index (χ4n) is 4.39. The van der Waals surface area contributed by atoms with Gasteiger partial charge < -0.3 is 9.67 Å². The summed E-state index contributed by atoms with van der Waals surface area (Å²) in [4.78, 5) is 17.5. The van der Waals surface area contributed by atoms with Gasteiger partial charge in [-0.3, -0.25) is 9.78 Å². The van der Waals surface area contributed by atoms with Crippen molar-refractivity contribution in [3.8, 4) is 16.9 Å². The van der Waals surface area contributed by atoms with Crippen molar-refractivity contribution >= 4 is 10.9 Å². The third-order valence-corrected chi connectivity index (χ3v) is 5.90. The van der Waals surface area contributed by atoms with Gasteiger partial charge >= 0.3 is 0 Å². The standard InChI is InChI=1S/C26H22F2N2O2/c1-14-8-17(9-15(2)29-14)23-22(27)12-21-25(24(23)28)30(19-6-7-19)13-18(26(21)32)10-16-4-3-5-20(31)11-16/h3-5,8-9,11-13,19,31H,6-7,10H2,1-2H3. The van der Waals surface area contributed by atoms with Crippen molar-refractivity contribution in [3.05, 3.63) is 93.0 Å². The SMILES string of the molecule is Cc1cc(-c2c(F)cc3c(=O)c(Cc4cccc(O)c4)cn(C4CC4)c3c2F)cc(C)n1. The largest absolute Gasteiger partial charge is 0.508 e. The normalized spacial score (nSPS) is 13.6. The molecule has 1 saturated carbocycles. The number of halogens is 2. The van der Waals surface area contributed by atoms with Gasteiger partial charge in [-0.1, -0.05) is 12.1 Å². The first kappa shape index (κ1) is 20.4. The Morgan fingerprint density at radius 1 is 1.09 bits per heavy atom. The van der Waals surface area contributed by atoms with Crippen molar-refractivity contribution in [1.82, 2.24) is 9.55 Å². The maximum Gasteiger partial charge on any atom is 0.193 e. The number of hydrogen-bond donors (Lipinski definition) is 1. The van der Waals surface area contributed by atoms with Crippen LogP contribution in [0.25, 0.3) is 22.0 Å². The summed E-state index contributed by atoms with van der Waals surface area (Å²) in [7, 11) is 0. The van der Waals surface area contributed by atoms with E-state index in [1.165, 1.54) is 0 Å². The number of aryl methyl sites for hydroxylation is 2. The van der Waals surface area contributed by atoms with Gasteiger partial charge in [0.2, 0.25) is 0 Å². The molecule has 4 aromatic rings. The van der Waals surface area contributed by atoms with E-state index in [4.69, 9.17) is 0 Å². The van der Waals surface area contributed by atoms with Gasteiger partial charge in [-0.25, -0.2) is 8.78 Å². The average Bonchev–Trinajstić information content (AvgIpc) is 3.55. The van der Waals surface area contributed by atoms with Gasteiger partial charge in [0.1, 0.15) is 11.6 Å². The zero-order valence-corrected chi connectivity index (χ0v) is 17.8. The summed E-state index contributed by atoms with van der Waals surface area (Å²) in [6.45, 7) is 3.56. The minimum absolute atomic E-state index is 0.0378. The molecule has 1 aliphatic rings. The van der Waals surface area contributed by atoms with E-state index in [2.05, 4.69) is 4.98 Å². The number of phenolic OH excluding ortho intramolecular Hbond substituents is 1. The number of rotatable bonds is 4. The average molecular weight is 432 g/mol. The molecule has 2 aromatic carbocycles. The molecule has 0 saturated heterocycles. The van der Waals surface area contributed by atoms with E-state index in [1.807, 2.05) is 6.07 Å². The Morgan fingerprint density at radius 3 is 2.47 bits per heavy atom. The van der Waals surface area contributed by atoms with Crippen LogP contribution in [-0.2, 0) is 6.42 Å². The third kappa shape index (κ3) is 3.55. The van der Waals surface area contributed by atoms with Gasteiger partial charge in [0, 0.05) is 35.6 Å². The molecule has 2 heterocycles. The van der Waals surface area contributed by atoms with E-state index < -0.39 is 17.1 Å². The Hall–Kier alpha value is -3.54. The summed E-state index contributed by atoms with van der Waals surface area (Å²) in [6.07, 6.45) is 3.72. The second-order valence-corrected chi connectivity index (χ2v) is 8.55. The monoisotopic (exact) mass is 432 g/mol. The molecular formula is C26H22F2N2O2. The molecule has 0 amide bonds. The van der Waals surface area contributed by atoms with Crippen LogP contribution >= 0.6 is 0 Å². The number of fused-ring (bicyclic) bond motifs is 1. The molecule has 162 valence electrons. The summed E-state index contributed by atoms with van der Waals surface area (Å²) in [5, 5.41) is 9.79. The minimum atomic E-state index is -0.769. The van der Waals surface area contributed by atoms with Gasteiger partial charge in [-0.2, -0.15) is 0 Å². The van der Waals surface area contributed by atoms with Crippen LogP contribution in [0, 0.1) is 25.5 Å². The number of pyridine rings is 2. The predicted octanol–water partition coefficient (Wildman–Crippen LogP) is 5.59. The van der Waals surface area contributed by atoms with Crippen molar-refractivity contribution in [2.24, 2.45) is 0 Å². The van der Waals surface area contributed by atoms with Crippen LogP contribution in [0.5, 0.6) is 5.75 Å². The quantitative estimate of drug-likeness (QED) is 0.457. The van der Waals surface area contributed by atoms with Crippen LogP contribution < -0.4 is 5.43 Å². The number of aromatic nitrogens is 2. The Morgan fingerprint density at radius 2 is 1.81 bits per heavy atom. The van der Waals surface area contributed by atoms with E-state index in [9.17, 15) is 9.90 Å². The fraction of sp³-hybridized carbons (Fsp3) is 0.231. The Labute approximate surface area is 183 Å². The number of benzene rings is 2. The second-order valence-electron chi connectivity index (χ2n) is 8.55. The maximum atomic E-state index is 15.9. The molecule has 0 radical (unpaired) electrons. The van der Waals surface area contributed by atoms with Crippen LogP contribution in [0.2, 0.25) is 0 Å². The molecule has 6 heteroatoms. The molecule has 5 rings (SSSR count). The molecule has 0 bridgehead atoms. The lowest BCUT2D eigenvalue weighted by molar-refractivity contribution is 0.474. The number of hydrogen-bond acceptors (Lipinski definition) is 3. The maximum absolute atomic E-state index is 15.9. The van der Waals surface area contributed by atoms with Crippen LogP contribution in [0.1, 0.15) is 41.4 Å². The first-order valence-corrected chi connectivity index (χ1v) is 10.6. The molecule has 0 aliphatic heterocycles. The fourth-order valence-corrected chi connectivity index (χ4v) is 4.39. The molecule has 1 N–H and O–H groups in total. The number of nitrogens with zero attached hydrogens (tertiary/aromatic N) is 2. The van der Waals surface area contributed by atoms with E-state index in [-0.39, 0.29) is 34.7 Å². The van der Waals surface area contributed by atoms with Crippen molar-refractivity contribution in [1.29, 1.82) is 0 Å². The predicted molar refractivity (Wildman–Crippen MR) is 120 cm³/mol. The van der Waals surface area contributed by atoms with Crippen molar-refractivity contribution in [2.45, 2.75) is 39.2 Å². The molecule has 0 atom stereocenters. The topological polar surface area (TPSA) is 55.1 Å². The molecule has 1 aliphatic carbocycles. The number of phenols is 1. The first-order chi connectivity index (χ1) is 15.3. The van der Waals surface area contributed by atoms with Crippen LogP contribution in [0.3, 0.4) is 0 Å². The Kier molecular flexibility index (Phi) is 4.81. The molecule has 0 spiro atoms. The first-order valence-electron chi connectivity index (χ1n) is 10.6. The van der Waals surface area contributed by atoms with Gasteiger partial charge in [0.25, 0.3) is 0 Å². The van der Waals surface area contributed by atoms with Gasteiger partial charge in [-0.05, 0) is 68.1 Å². The molecule has 32 heavy (non-hydrogen) atoms. The van der Waals surface area contributed by atoms with Gasteiger partial charge in [-0.15, -0.1) is 0 Å². The van der Waals surface area contributed by atoms with Crippen molar-refractivity contribution < 1.29 is 13.9 Å². The Bertz CT molecular complexity index is 1420. The Balaban J connectivity index is 1.75. The van der Waals surface area contributed by atoms with E-state index >= 15 is 8.78 Å². The summed E-state index contributed by atoms with van der Waals surface area (Å²) >= 11 is 0. The van der Waals surface area contributed by atoms with E-state index in [0.29, 0.717) is 22.5 Å². The second kappa shape index (κ2) is 7.55. The molecule has 2 aromatic heterocycles. The molecular weight excluding hydrogens is 410 g/mol. The third-order valence-electron chi connectivity index (χ3n) is 5.90. The lowest BCUT2D eigenvalue weighted by Crippen LogP contribution is -2.17. The van der Waals surface area contributed by atoms with Crippen LogP contribution in [-0.4, -0.2) is 14.7 Å². The zero-order valence-electron chi connectivity index (χ0n) is 17.8. The summed E-state index contributed by atoms with van der Waals surface area (Å²) < 4.78 is 32.9.